The quantitative estimate of drug-likeness (QED) is 0.0956. The second-order valence-electron chi connectivity index (χ2n) is 12.0. The number of carbonyl (C=O) groups excluding carboxylic acids is 4. The van der Waals surface area contributed by atoms with E-state index in [0.717, 1.165) is 0 Å². The van der Waals surface area contributed by atoms with Crippen LogP contribution >= 0.6 is 0 Å². The summed E-state index contributed by atoms with van der Waals surface area (Å²) in [5.41, 5.74) is -4.99. The fourth-order valence-corrected chi connectivity index (χ4v) is 5.11. The lowest BCUT2D eigenvalue weighted by Crippen LogP contribution is -2.47. The van der Waals surface area contributed by atoms with E-state index in [9.17, 15) is 19.2 Å². The molecule has 0 spiro atoms. The van der Waals surface area contributed by atoms with Crippen molar-refractivity contribution in [3.8, 4) is 0 Å². The van der Waals surface area contributed by atoms with Crippen molar-refractivity contribution >= 4 is 23.9 Å². The predicted molar refractivity (Wildman–Crippen MR) is 154 cm³/mol. The molecule has 0 aliphatic heterocycles. The van der Waals surface area contributed by atoms with Gasteiger partial charge in [0.2, 0.25) is 0 Å². The average molecular weight is 607 g/mol. The molecule has 0 aromatic carbocycles. The van der Waals surface area contributed by atoms with Gasteiger partial charge in [0.25, 0.3) is 0 Å². The van der Waals surface area contributed by atoms with Crippen LogP contribution in [0.4, 0.5) is 0 Å². The van der Waals surface area contributed by atoms with Crippen LogP contribution in [-0.2, 0) is 57.1 Å². The van der Waals surface area contributed by atoms with Crippen molar-refractivity contribution in [2.24, 2.45) is 21.7 Å². The maximum atomic E-state index is 13.7. The van der Waals surface area contributed by atoms with Crippen molar-refractivity contribution in [1.82, 2.24) is 0 Å². The van der Waals surface area contributed by atoms with Crippen molar-refractivity contribution in [3.05, 3.63) is 0 Å². The van der Waals surface area contributed by atoms with E-state index in [2.05, 4.69) is 0 Å². The van der Waals surface area contributed by atoms with Crippen LogP contribution in [0.15, 0.2) is 0 Å². The maximum Gasteiger partial charge on any atom is 0.311 e. The zero-order valence-electron chi connectivity index (χ0n) is 27.4. The first-order chi connectivity index (χ1) is 19.6. The SMILES string of the molecule is CCC(C)(CC(C)(CC(C)(CC(C)(C)C(=O)OCCOC)C(=O)OCCOC)C(=O)OCCOC)C(=O)OCCOC. The number of methoxy groups -OCH3 is 4. The van der Waals surface area contributed by atoms with Gasteiger partial charge in [-0.3, -0.25) is 19.2 Å². The van der Waals surface area contributed by atoms with Gasteiger partial charge in [-0.15, -0.1) is 0 Å². The molecule has 3 atom stereocenters. The molecule has 0 aliphatic carbocycles. The van der Waals surface area contributed by atoms with E-state index in [1.807, 2.05) is 6.92 Å². The molecule has 0 amide bonds. The summed E-state index contributed by atoms with van der Waals surface area (Å²) in [6.45, 7) is 11.0. The molecule has 42 heavy (non-hydrogen) atoms. The summed E-state index contributed by atoms with van der Waals surface area (Å²) in [7, 11) is 5.96. The molecule has 0 saturated heterocycles. The fourth-order valence-electron chi connectivity index (χ4n) is 5.11. The Labute approximate surface area is 251 Å². The van der Waals surface area contributed by atoms with E-state index in [4.69, 9.17) is 37.9 Å². The van der Waals surface area contributed by atoms with E-state index in [-0.39, 0.29) is 72.1 Å². The molecule has 0 saturated carbocycles. The third-order valence-corrected chi connectivity index (χ3v) is 7.29. The third-order valence-electron chi connectivity index (χ3n) is 7.29. The minimum absolute atomic E-state index is 0.00772. The van der Waals surface area contributed by atoms with Gasteiger partial charge >= 0.3 is 23.9 Å². The second kappa shape index (κ2) is 19.1. The molecule has 0 rings (SSSR count). The molecule has 0 aliphatic rings. The smallest absolute Gasteiger partial charge is 0.311 e. The Kier molecular flexibility index (Phi) is 18.1. The minimum atomic E-state index is -1.37. The molecule has 12 nitrogen and oxygen atoms in total. The van der Waals surface area contributed by atoms with Crippen molar-refractivity contribution < 1.29 is 57.1 Å². The van der Waals surface area contributed by atoms with Crippen LogP contribution in [0.1, 0.15) is 67.2 Å². The lowest BCUT2D eigenvalue weighted by atomic mass is 9.61. The fraction of sp³-hybridized carbons (Fsp3) is 0.867. The Morgan fingerprint density at radius 3 is 1.05 bits per heavy atom. The Hall–Kier alpha value is -2.28. The summed E-state index contributed by atoms with van der Waals surface area (Å²) in [6.07, 6.45) is 0.257. The van der Waals surface area contributed by atoms with Crippen molar-refractivity contribution in [1.29, 1.82) is 0 Å². The summed E-state index contributed by atoms with van der Waals surface area (Å²) in [5, 5.41) is 0. The lowest BCUT2D eigenvalue weighted by molar-refractivity contribution is -0.173. The molecular formula is C30H54O12. The summed E-state index contributed by atoms with van der Waals surface area (Å²) in [6, 6.07) is 0. The Balaban J connectivity index is 6.59. The highest BCUT2D eigenvalue weighted by molar-refractivity contribution is 5.84. The van der Waals surface area contributed by atoms with Crippen LogP contribution in [0, 0.1) is 21.7 Å². The van der Waals surface area contributed by atoms with Crippen LogP contribution in [0.3, 0.4) is 0 Å². The van der Waals surface area contributed by atoms with E-state index >= 15 is 0 Å². The van der Waals surface area contributed by atoms with E-state index in [1.165, 1.54) is 28.4 Å². The molecule has 0 bridgehead atoms. The van der Waals surface area contributed by atoms with Crippen molar-refractivity contribution in [3.63, 3.8) is 0 Å². The van der Waals surface area contributed by atoms with Crippen LogP contribution in [0.25, 0.3) is 0 Å². The molecule has 0 aromatic rings. The molecule has 0 N–H and O–H groups in total. The summed E-state index contributed by atoms with van der Waals surface area (Å²) < 4.78 is 42.0. The molecule has 0 radical (unpaired) electrons. The van der Waals surface area contributed by atoms with Gasteiger partial charge in [0.1, 0.15) is 26.4 Å². The van der Waals surface area contributed by atoms with Gasteiger partial charge in [-0.2, -0.15) is 0 Å². The number of esters is 4. The number of hydrogen-bond donors (Lipinski definition) is 0. The molecule has 12 heteroatoms. The number of ether oxygens (including phenoxy) is 8. The first-order valence-electron chi connectivity index (χ1n) is 14.3. The molecule has 0 heterocycles. The van der Waals surface area contributed by atoms with E-state index in [1.54, 1.807) is 34.6 Å². The standard InChI is InChI=1S/C30H54O12/c1-11-28(4,24(32)40-17-13-36-8)21-30(6,26(34)42-19-15-38-10)22-29(5,25(33)41-18-14-37-9)20-27(2,3)23(31)39-16-12-35-7/h11-22H2,1-10H3. The lowest BCUT2D eigenvalue weighted by Gasteiger charge is -2.42. The normalized spacial score (nSPS) is 16.0. The van der Waals surface area contributed by atoms with Crippen LogP contribution < -0.4 is 0 Å². The van der Waals surface area contributed by atoms with Gasteiger partial charge in [0.15, 0.2) is 0 Å². The molecular weight excluding hydrogens is 552 g/mol. The zero-order chi connectivity index (χ0) is 32.5. The summed E-state index contributed by atoms with van der Waals surface area (Å²) in [5.74, 6) is -2.25. The highest BCUT2D eigenvalue weighted by Gasteiger charge is 2.53. The van der Waals surface area contributed by atoms with Gasteiger partial charge in [-0.05, 0) is 60.3 Å². The summed E-state index contributed by atoms with van der Waals surface area (Å²) in [4.78, 5) is 53.7. The highest BCUT2D eigenvalue weighted by Crippen LogP contribution is 2.49. The largest absolute Gasteiger partial charge is 0.463 e. The van der Waals surface area contributed by atoms with Gasteiger partial charge in [-0.25, -0.2) is 0 Å². The number of carbonyl (C=O) groups is 4. The summed E-state index contributed by atoms with van der Waals surface area (Å²) >= 11 is 0. The highest BCUT2D eigenvalue weighted by atomic mass is 16.6. The molecule has 246 valence electrons. The van der Waals surface area contributed by atoms with Crippen LogP contribution in [0.5, 0.6) is 0 Å². The Bertz CT molecular complexity index is 844. The maximum absolute atomic E-state index is 13.7. The molecule has 0 aromatic heterocycles. The van der Waals surface area contributed by atoms with E-state index < -0.39 is 45.5 Å². The van der Waals surface area contributed by atoms with Crippen LogP contribution in [0.2, 0.25) is 0 Å². The average Bonchev–Trinajstić information content (AvgIpc) is 2.92. The number of hydrogen-bond acceptors (Lipinski definition) is 12. The molecule has 0 fully saturated rings. The van der Waals surface area contributed by atoms with Gasteiger partial charge < -0.3 is 37.9 Å². The van der Waals surface area contributed by atoms with Gasteiger partial charge in [-0.1, -0.05) is 6.92 Å². The second-order valence-corrected chi connectivity index (χ2v) is 12.0. The Morgan fingerprint density at radius 2 is 0.714 bits per heavy atom. The van der Waals surface area contributed by atoms with Crippen LogP contribution in [-0.4, -0.2) is 105 Å². The Morgan fingerprint density at radius 1 is 0.429 bits per heavy atom. The zero-order valence-corrected chi connectivity index (χ0v) is 27.4. The van der Waals surface area contributed by atoms with Gasteiger partial charge in [0, 0.05) is 28.4 Å². The van der Waals surface area contributed by atoms with E-state index in [0.29, 0.717) is 6.42 Å². The van der Waals surface area contributed by atoms with Crippen molar-refractivity contribution in [2.75, 3.05) is 81.3 Å². The number of rotatable bonds is 23. The first kappa shape index (κ1) is 39.7. The van der Waals surface area contributed by atoms with Gasteiger partial charge in [0.05, 0.1) is 48.1 Å². The minimum Gasteiger partial charge on any atom is -0.463 e. The first-order valence-corrected chi connectivity index (χ1v) is 14.3. The predicted octanol–water partition coefficient (Wildman–Crippen LogP) is 3.37. The molecule has 3 unspecified atom stereocenters. The topological polar surface area (TPSA) is 142 Å². The monoisotopic (exact) mass is 606 g/mol. The third kappa shape index (κ3) is 12.9. The van der Waals surface area contributed by atoms with Crippen molar-refractivity contribution in [2.45, 2.75) is 67.2 Å².